The van der Waals surface area contributed by atoms with Crippen LogP contribution in [0.15, 0.2) is 4.90 Å². The fourth-order valence-corrected chi connectivity index (χ4v) is 4.05. The molecule has 1 aromatic heterocycles. The fraction of sp³-hybridized carbons (Fsp3) is 0.727. The van der Waals surface area contributed by atoms with Crippen molar-refractivity contribution in [2.75, 3.05) is 27.2 Å². The maximum Gasteiger partial charge on any atom is 0.244 e. The normalized spacial score (nSPS) is 21.1. The minimum absolute atomic E-state index is 0.0215. The Morgan fingerprint density at radius 3 is 2.84 bits per heavy atom. The molecule has 1 saturated heterocycles. The molecule has 1 fully saturated rings. The predicted octanol–water partition coefficient (Wildman–Crippen LogP) is -0.580. The summed E-state index contributed by atoms with van der Waals surface area (Å²) < 4.78 is 27.7. The van der Waals surface area contributed by atoms with Crippen LogP contribution in [-0.2, 0) is 16.6 Å². The summed E-state index contributed by atoms with van der Waals surface area (Å²) >= 11 is 0. The van der Waals surface area contributed by atoms with Gasteiger partial charge in [0.25, 0.3) is 0 Å². The summed E-state index contributed by atoms with van der Waals surface area (Å²) in [5.41, 5.74) is 1.10. The van der Waals surface area contributed by atoms with E-state index in [1.807, 2.05) is 7.05 Å². The molecule has 108 valence electrons. The monoisotopic (exact) mass is 287 g/mol. The van der Waals surface area contributed by atoms with Crippen molar-refractivity contribution in [3.8, 4) is 0 Å². The topological polar surface area (TPSA) is 90.1 Å². The Labute approximate surface area is 113 Å². The molecule has 0 saturated carbocycles. The van der Waals surface area contributed by atoms with Gasteiger partial charge in [-0.1, -0.05) is 0 Å². The van der Waals surface area contributed by atoms with Gasteiger partial charge in [-0.15, -0.1) is 0 Å². The van der Waals surface area contributed by atoms with E-state index in [0.29, 0.717) is 17.9 Å². The van der Waals surface area contributed by atoms with Gasteiger partial charge in [-0.2, -0.15) is 5.10 Å². The zero-order valence-corrected chi connectivity index (χ0v) is 12.3. The molecule has 1 aromatic rings. The molecule has 2 heterocycles. The van der Waals surface area contributed by atoms with Crippen molar-refractivity contribution in [1.82, 2.24) is 25.1 Å². The highest BCUT2D eigenvalue weighted by atomic mass is 32.2. The summed E-state index contributed by atoms with van der Waals surface area (Å²) in [5, 5.41) is 9.71. The van der Waals surface area contributed by atoms with Gasteiger partial charge in [0.15, 0.2) is 0 Å². The number of hydrogen-bond donors (Lipinski definition) is 3. The number of likely N-dealkylation sites (tertiary alicyclic amines) is 1. The van der Waals surface area contributed by atoms with Gasteiger partial charge >= 0.3 is 0 Å². The highest BCUT2D eigenvalue weighted by molar-refractivity contribution is 7.89. The molecule has 1 aliphatic heterocycles. The van der Waals surface area contributed by atoms with Gasteiger partial charge in [0, 0.05) is 19.1 Å². The summed E-state index contributed by atoms with van der Waals surface area (Å²) in [5.74, 6) is 0. The van der Waals surface area contributed by atoms with E-state index >= 15 is 0 Å². The standard InChI is InChI=1S/C11H21N5O2S/c1-8-11(10(6-12-2)14-13-8)19(17,18)15-9-4-5-16(3)7-9/h9,12,15H,4-7H2,1-3H3,(H,13,14). The molecular formula is C11H21N5O2S. The lowest BCUT2D eigenvalue weighted by molar-refractivity contribution is 0.407. The van der Waals surface area contributed by atoms with E-state index in [1.165, 1.54) is 0 Å². The van der Waals surface area contributed by atoms with Crippen LogP contribution in [0.5, 0.6) is 0 Å². The first-order chi connectivity index (χ1) is 8.94. The molecular weight excluding hydrogens is 266 g/mol. The van der Waals surface area contributed by atoms with Gasteiger partial charge in [-0.25, -0.2) is 13.1 Å². The molecule has 1 atom stereocenters. The van der Waals surface area contributed by atoms with Gasteiger partial charge in [0.1, 0.15) is 4.90 Å². The second-order valence-corrected chi connectivity index (χ2v) is 6.67. The number of hydrogen-bond acceptors (Lipinski definition) is 5. The molecule has 0 bridgehead atoms. The molecule has 0 amide bonds. The first-order valence-electron chi connectivity index (χ1n) is 6.33. The van der Waals surface area contributed by atoms with Crippen molar-refractivity contribution in [2.45, 2.75) is 30.8 Å². The van der Waals surface area contributed by atoms with Crippen molar-refractivity contribution in [3.63, 3.8) is 0 Å². The molecule has 8 heteroatoms. The molecule has 3 N–H and O–H groups in total. The smallest absolute Gasteiger partial charge is 0.244 e. The van der Waals surface area contributed by atoms with Crippen molar-refractivity contribution in [2.24, 2.45) is 0 Å². The van der Waals surface area contributed by atoms with Gasteiger partial charge < -0.3 is 10.2 Å². The van der Waals surface area contributed by atoms with Crippen LogP contribution >= 0.6 is 0 Å². The second-order valence-electron chi connectivity index (χ2n) is 5.02. The molecule has 7 nitrogen and oxygen atoms in total. The first-order valence-corrected chi connectivity index (χ1v) is 7.81. The van der Waals surface area contributed by atoms with Crippen molar-refractivity contribution in [3.05, 3.63) is 11.4 Å². The van der Waals surface area contributed by atoms with Gasteiger partial charge in [-0.05, 0) is 34.0 Å². The van der Waals surface area contributed by atoms with E-state index < -0.39 is 10.0 Å². The number of aromatic amines is 1. The third kappa shape index (κ3) is 3.14. The highest BCUT2D eigenvalue weighted by Crippen LogP contribution is 2.19. The van der Waals surface area contributed by atoms with Crippen LogP contribution in [0.2, 0.25) is 0 Å². The van der Waals surface area contributed by atoms with Crippen molar-refractivity contribution < 1.29 is 8.42 Å². The fourth-order valence-electron chi connectivity index (χ4n) is 2.42. The quantitative estimate of drug-likeness (QED) is 0.674. The van der Waals surface area contributed by atoms with E-state index in [2.05, 4.69) is 25.1 Å². The second kappa shape index (κ2) is 5.58. The molecule has 19 heavy (non-hydrogen) atoms. The molecule has 0 spiro atoms. The minimum Gasteiger partial charge on any atom is -0.314 e. The number of sulfonamides is 1. The number of nitrogens with zero attached hydrogens (tertiary/aromatic N) is 2. The van der Waals surface area contributed by atoms with Crippen LogP contribution in [0.3, 0.4) is 0 Å². The Hall–Kier alpha value is -0.960. The predicted molar refractivity (Wildman–Crippen MR) is 72.3 cm³/mol. The average molecular weight is 287 g/mol. The Balaban J connectivity index is 2.21. The molecule has 1 aliphatic rings. The zero-order valence-electron chi connectivity index (χ0n) is 11.5. The van der Waals surface area contributed by atoms with E-state index in [4.69, 9.17) is 0 Å². The van der Waals surface area contributed by atoms with E-state index in [-0.39, 0.29) is 10.9 Å². The van der Waals surface area contributed by atoms with E-state index in [9.17, 15) is 8.42 Å². The maximum absolute atomic E-state index is 12.5. The Kier molecular flexibility index (Phi) is 4.24. The summed E-state index contributed by atoms with van der Waals surface area (Å²) in [6, 6.07) is -0.0215. The van der Waals surface area contributed by atoms with E-state index in [0.717, 1.165) is 19.5 Å². The van der Waals surface area contributed by atoms with Crippen LogP contribution in [0.1, 0.15) is 17.8 Å². The summed E-state index contributed by atoms with van der Waals surface area (Å²) in [7, 11) is 0.236. The lowest BCUT2D eigenvalue weighted by Gasteiger charge is -2.13. The average Bonchev–Trinajstić information content (AvgIpc) is 2.86. The Morgan fingerprint density at radius 1 is 1.53 bits per heavy atom. The zero-order chi connectivity index (χ0) is 14.0. The van der Waals surface area contributed by atoms with Crippen LogP contribution in [0.25, 0.3) is 0 Å². The number of nitrogens with one attached hydrogen (secondary N) is 3. The van der Waals surface area contributed by atoms with Crippen LogP contribution < -0.4 is 10.0 Å². The Bertz CT molecular complexity index is 539. The SMILES string of the molecule is CNCc1n[nH]c(C)c1S(=O)(=O)NC1CCN(C)C1. The summed E-state index contributed by atoms with van der Waals surface area (Å²) in [6.45, 7) is 3.81. The van der Waals surface area contributed by atoms with Gasteiger partial charge in [-0.3, -0.25) is 5.10 Å². The molecule has 2 rings (SSSR count). The third-order valence-electron chi connectivity index (χ3n) is 3.29. The van der Waals surface area contributed by atoms with Crippen LogP contribution in [0, 0.1) is 6.92 Å². The first kappa shape index (κ1) is 14.4. The number of aromatic nitrogens is 2. The number of likely N-dealkylation sites (N-methyl/N-ethyl adjacent to an activating group) is 1. The number of H-pyrrole nitrogens is 1. The van der Waals surface area contributed by atoms with Crippen molar-refractivity contribution >= 4 is 10.0 Å². The number of rotatable bonds is 5. The highest BCUT2D eigenvalue weighted by Gasteiger charge is 2.29. The summed E-state index contributed by atoms with van der Waals surface area (Å²) in [6.07, 6.45) is 0.841. The Morgan fingerprint density at radius 2 is 2.26 bits per heavy atom. The molecule has 0 radical (unpaired) electrons. The minimum atomic E-state index is -3.52. The van der Waals surface area contributed by atoms with Gasteiger partial charge in [0.05, 0.1) is 11.4 Å². The summed E-state index contributed by atoms with van der Waals surface area (Å²) in [4.78, 5) is 2.39. The third-order valence-corrected chi connectivity index (χ3v) is 5.01. The lowest BCUT2D eigenvalue weighted by Crippen LogP contribution is -2.37. The van der Waals surface area contributed by atoms with E-state index in [1.54, 1.807) is 14.0 Å². The van der Waals surface area contributed by atoms with Crippen LogP contribution in [-0.4, -0.2) is 56.7 Å². The molecule has 1 unspecified atom stereocenters. The number of aryl methyl sites for hydroxylation is 1. The van der Waals surface area contributed by atoms with Crippen molar-refractivity contribution in [1.29, 1.82) is 0 Å². The lowest BCUT2D eigenvalue weighted by atomic mass is 10.3. The molecule has 0 aliphatic carbocycles. The largest absolute Gasteiger partial charge is 0.314 e. The maximum atomic E-state index is 12.5. The molecule has 0 aromatic carbocycles. The van der Waals surface area contributed by atoms with Gasteiger partial charge in [0.2, 0.25) is 10.0 Å². The van der Waals surface area contributed by atoms with Crippen LogP contribution in [0.4, 0.5) is 0 Å².